The molecule has 0 aliphatic carbocycles. The third kappa shape index (κ3) is 2.15. The van der Waals surface area contributed by atoms with Crippen LogP contribution < -0.4 is 4.74 Å². The summed E-state index contributed by atoms with van der Waals surface area (Å²) in [4.78, 5) is 13.2. The molecule has 18 heavy (non-hydrogen) atoms. The molecule has 0 radical (unpaired) electrons. The van der Waals surface area contributed by atoms with Crippen LogP contribution in [-0.4, -0.2) is 5.78 Å². The highest BCUT2D eigenvalue weighted by Crippen LogP contribution is 2.40. The lowest BCUT2D eigenvalue weighted by atomic mass is 10.00. The molecule has 1 aliphatic rings. The van der Waals surface area contributed by atoms with Crippen LogP contribution >= 0.6 is 43.2 Å². The van der Waals surface area contributed by atoms with Crippen LogP contribution in [0.2, 0.25) is 0 Å². The van der Waals surface area contributed by atoms with Gasteiger partial charge < -0.3 is 4.74 Å². The maximum Gasteiger partial charge on any atom is 0.170 e. The van der Waals surface area contributed by atoms with Gasteiger partial charge in [-0.05, 0) is 45.6 Å². The SMILES string of the molecule is O=C1CC(c2sccc2Br)Oc2cc(Br)ccc21. The molecule has 2 heterocycles. The summed E-state index contributed by atoms with van der Waals surface area (Å²) in [6.07, 6.45) is 0.210. The summed E-state index contributed by atoms with van der Waals surface area (Å²) in [6.45, 7) is 0. The molecule has 0 N–H and O–H groups in total. The molecule has 0 bridgehead atoms. The summed E-state index contributed by atoms with van der Waals surface area (Å²) >= 11 is 8.48. The van der Waals surface area contributed by atoms with E-state index in [2.05, 4.69) is 31.9 Å². The lowest BCUT2D eigenvalue weighted by Gasteiger charge is -2.25. The number of thiophene rings is 1. The summed E-state index contributed by atoms with van der Waals surface area (Å²) in [7, 11) is 0. The van der Waals surface area contributed by atoms with Gasteiger partial charge in [0.1, 0.15) is 11.9 Å². The van der Waals surface area contributed by atoms with E-state index < -0.39 is 0 Å². The zero-order valence-corrected chi connectivity index (χ0v) is 13.1. The van der Waals surface area contributed by atoms with Gasteiger partial charge in [0, 0.05) is 8.95 Å². The Bertz CT molecular complexity index is 621. The van der Waals surface area contributed by atoms with Crippen molar-refractivity contribution in [1.29, 1.82) is 0 Å². The van der Waals surface area contributed by atoms with Crippen LogP contribution in [0.4, 0.5) is 0 Å². The van der Waals surface area contributed by atoms with E-state index in [1.807, 2.05) is 23.6 Å². The largest absolute Gasteiger partial charge is 0.484 e. The summed E-state index contributed by atoms with van der Waals surface area (Å²) in [5, 5.41) is 1.99. The maximum atomic E-state index is 12.1. The van der Waals surface area contributed by atoms with Crippen LogP contribution in [0.1, 0.15) is 27.8 Å². The molecule has 1 aliphatic heterocycles. The first kappa shape index (κ1) is 12.4. The van der Waals surface area contributed by atoms with Gasteiger partial charge in [0.25, 0.3) is 0 Å². The Kier molecular flexibility index (Phi) is 3.30. The van der Waals surface area contributed by atoms with Gasteiger partial charge in [0.2, 0.25) is 0 Å². The molecule has 0 amide bonds. The van der Waals surface area contributed by atoms with E-state index in [-0.39, 0.29) is 11.9 Å². The molecule has 0 saturated heterocycles. The van der Waals surface area contributed by atoms with Crippen molar-refractivity contribution in [3.8, 4) is 5.75 Å². The standard InChI is InChI=1S/C13H8Br2O2S/c14-7-1-2-8-10(16)6-12(17-11(8)5-7)13-9(15)3-4-18-13/h1-5,12H,6H2. The summed E-state index contributed by atoms with van der Waals surface area (Å²) < 4.78 is 7.86. The summed E-state index contributed by atoms with van der Waals surface area (Å²) in [5.74, 6) is 0.792. The maximum absolute atomic E-state index is 12.1. The minimum absolute atomic E-state index is 0.133. The van der Waals surface area contributed by atoms with Gasteiger partial charge in [-0.2, -0.15) is 0 Å². The molecule has 1 unspecified atom stereocenters. The van der Waals surface area contributed by atoms with E-state index in [0.29, 0.717) is 17.7 Å². The Labute approximate surface area is 125 Å². The van der Waals surface area contributed by atoms with Crippen molar-refractivity contribution in [3.63, 3.8) is 0 Å². The molecule has 0 spiro atoms. The van der Waals surface area contributed by atoms with Crippen LogP contribution in [0.5, 0.6) is 5.75 Å². The molecule has 2 aromatic rings. The van der Waals surface area contributed by atoms with Crippen LogP contribution in [0, 0.1) is 0 Å². The molecule has 0 fully saturated rings. The van der Waals surface area contributed by atoms with E-state index in [9.17, 15) is 4.79 Å². The second-order valence-corrected chi connectivity index (χ2v) is 6.72. The average Bonchev–Trinajstić information content (AvgIpc) is 2.74. The van der Waals surface area contributed by atoms with Gasteiger partial charge in [0.05, 0.1) is 16.9 Å². The van der Waals surface area contributed by atoms with Gasteiger partial charge in [-0.15, -0.1) is 11.3 Å². The number of carbonyl (C=O) groups excluding carboxylic acids is 1. The predicted octanol–water partition coefficient (Wildman–Crippen LogP) is 4.98. The highest BCUT2D eigenvalue weighted by Gasteiger charge is 2.29. The minimum Gasteiger partial charge on any atom is -0.484 e. The number of ketones is 1. The van der Waals surface area contributed by atoms with E-state index in [1.165, 1.54) is 0 Å². The molecule has 1 atom stereocenters. The fourth-order valence-electron chi connectivity index (χ4n) is 1.98. The molecule has 0 saturated carbocycles. The van der Waals surface area contributed by atoms with Crippen molar-refractivity contribution in [3.05, 3.63) is 49.0 Å². The van der Waals surface area contributed by atoms with Crippen molar-refractivity contribution in [2.24, 2.45) is 0 Å². The Morgan fingerprint density at radius 2 is 2.11 bits per heavy atom. The Morgan fingerprint density at radius 1 is 1.28 bits per heavy atom. The zero-order chi connectivity index (χ0) is 12.7. The Morgan fingerprint density at radius 3 is 2.83 bits per heavy atom. The highest BCUT2D eigenvalue weighted by molar-refractivity contribution is 9.10. The number of halogens is 2. The zero-order valence-electron chi connectivity index (χ0n) is 9.15. The van der Waals surface area contributed by atoms with E-state index in [4.69, 9.17) is 4.74 Å². The van der Waals surface area contributed by atoms with Gasteiger partial charge in [-0.3, -0.25) is 4.79 Å². The molecule has 1 aromatic carbocycles. The lowest BCUT2D eigenvalue weighted by Crippen LogP contribution is -2.19. The number of Topliss-reactive ketones (excluding diaryl/α,β-unsaturated/α-hetero) is 1. The van der Waals surface area contributed by atoms with Crippen molar-refractivity contribution in [2.75, 3.05) is 0 Å². The molecular formula is C13H8Br2O2S. The second kappa shape index (κ2) is 4.79. The van der Waals surface area contributed by atoms with Gasteiger partial charge in [-0.25, -0.2) is 0 Å². The van der Waals surface area contributed by atoms with Crippen molar-refractivity contribution in [1.82, 2.24) is 0 Å². The molecule has 2 nitrogen and oxygen atoms in total. The van der Waals surface area contributed by atoms with Crippen LogP contribution in [0.15, 0.2) is 38.6 Å². The summed E-state index contributed by atoms with van der Waals surface area (Å²) in [5.41, 5.74) is 0.669. The first-order valence-corrected chi connectivity index (χ1v) is 7.84. The van der Waals surface area contributed by atoms with E-state index in [0.717, 1.165) is 13.8 Å². The third-order valence-corrected chi connectivity index (χ3v) is 5.28. The van der Waals surface area contributed by atoms with Crippen molar-refractivity contribution < 1.29 is 9.53 Å². The van der Waals surface area contributed by atoms with E-state index in [1.54, 1.807) is 17.4 Å². The smallest absolute Gasteiger partial charge is 0.170 e. The van der Waals surface area contributed by atoms with Crippen molar-refractivity contribution in [2.45, 2.75) is 12.5 Å². The second-order valence-electron chi connectivity index (χ2n) is 4.01. The van der Waals surface area contributed by atoms with E-state index >= 15 is 0 Å². The van der Waals surface area contributed by atoms with Crippen LogP contribution in [0.25, 0.3) is 0 Å². The number of rotatable bonds is 1. The highest BCUT2D eigenvalue weighted by atomic mass is 79.9. The van der Waals surface area contributed by atoms with Crippen LogP contribution in [-0.2, 0) is 0 Å². The van der Waals surface area contributed by atoms with Crippen LogP contribution in [0.3, 0.4) is 0 Å². The molecule has 5 heteroatoms. The molecule has 1 aromatic heterocycles. The topological polar surface area (TPSA) is 26.3 Å². The van der Waals surface area contributed by atoms with Crippen molar-refractivity contribution >= 4 is 49.0 Å². The minimum atomic E-state index is -0.186. The Balaban J connectivity index is 2.01. The number of hydrogen-bond donors (Lipinski definition) is 0. The number of carbonyl (C=O) groups is 1. The quantitative estimate of drug-likeness (QED) is 0.689. The fraction of sp³-hybridized carbons (Fsp3) is 0.154. The fourth-order valence-corrected chi connectivity index (χ4v) is 3.98. The Hall–Kier alpha value is -0.650. The van der Waals surface area contributed by atoms with Gasteiger partial charge in [0.15, 0.2) is 5.78 Å². The first-order valence-electron chi connectivity index (χ1n) is 5.37. The molecule has 92 valence electrons. The molecular weight excluding hydrogens is 380 g/mol. The summed E-state index contributed by atoms with van der Waals surface area (Å²) in [6, 6.07) is 7.49. The number of ether oxygens (including phenoxy) is 1. The average molecular weight is 388 g/mol. The lowest BCUT2D eigenvalue weighted by molar-refractivity contribution is 0.0853. The predicted molar refractivity (Wildman–Crippen MR) is 78.5 cm³/mol. The monoisotopic (exact) mass is 386 g/mol. The number of fused-ring (bicyclic) bond motifs is 1. The number of benzene rings is 1. The normalized spacial score (nSPS) is 18.3. The number of hydrogen-bond acceptors (Lipinski definition) is 3. The first-order chi connectivity index (χ1) is 8.65. The third-order valence-electron chi connectivity index (χ3n) is 2.82. The van der Waals surface area contributed by atoms with Gasteiger partial charge in [-0.1, -0.05) is 15.9 Å². The molecule has 3 rings (SSSR count). The van der Waals surface area contributed by atoms with Gasteiger partial charge >= 0.3 is 0 Å².